The molecule has 0 heterocycles. The van der Waals surface area contributed by atoms with E-state index in [1.807, 2.05) is 0 Å². The molecule has 4 heteroatoms. The molecule has 0 aromatic heterocycles. The summed E-state index contributed by atoms with van der Waals surface area (Å²) in [4.78, 5) is 9.08. The van der Waals surface area contributed by atoms with Gasteiger partial charge in [0, 0.05) is 0 Å². The molecule has 1 radical (unpaired) electrons. The molecular formula is H3N2OSi. The minimum atomic E-state index is -1.53. The summed E-state index contributed by atoms with van der Waals surface area (Å²) in [6.45, 7) is 0. The average molecular weight is 75.1 g/mol. The maximum Gasteiger partial charge on any atom is 0.351 e. The van der Waals surface area contributed by atoms with Gasteiger partial charge in [0.05, 0.1) is 0 Å². The van der Waals surface area contributed by atoms with E-state index in [2.05, 4.69) is 4.78 Å². The fraction of sp³-hybridized carbons (Fsp3) is 0. The van der Waals surface area contributed by atoms with Crippen molar-refractivity contribution in [3.05, 3.63) is 0 Å². The fourth-order valence-corrected chi connectivity index (χ4v) is 0. The number of hydrogen-bond donors (Lipinski definition) is 1. The lowest BCUT2D eigenvalue weighted by atomic mass is 13.3. The zero-order chi connectivity index (χ0) is 3.41. The van der Waals surface area contributed by atoms with Crippen LogP contribution in [0.5, 0.6) is 0 Å². The van der Waals surface area contributed by atoms with Gasteiger partial charge in [0.25, 0.3) is 0 Å². The second-order valence-electron chi connectivity index (χ2n) is 0.287. The van der Waals surface area contributed by atoms with Gasteiger partial charge in [-0.15, -0.1) is 0 Å². The quantitative estimate of drug-likeness (QED) is 0.321. The van der Waals surface area contributed by atoms with E-state index in [1.165, 1.54) is 0 Å². The molecule has 1 N–H and O–H groups in total. The first-order valence-electron chi connectivity index (χ1n) is 0.829. The van der Waals surface area contributed by atoms with Crippen molar-refractivity contribution in [3.63, 3.8) is 0 Å². The van der Waals surface area contributed by atoms with E-state index in [4.69, 9.17) is 10.3 Å². The largest absolute Gasteiger partial charge is 0.351 e. The molecule has 0 spiro atoms. The van der Waals surface area contributed by atoms with Crippen LogP contribution < -0.4 is 0 Å². The van der Waals surface area contributed by atoms with E-state index in [0.29, 0.717) is 0 Å². The van der Waals surface area contributed by atoms with Crippen LogP contribution in [-0.2, 0) is 4.80 Å². The van der Waals surface area contributed by atoms with Crippen molar-refractivity contribution < 1.29 is 4.80 Å². The number of nitrogens with zero attached hydrogens (tertiary/aromatic N) is 1. The van der Waals surface area contributed by atoms with Gasteiger partial charge in [-0.2, -0.15) is 0 Å². The molecule has 23 valence electrons. The summed E-state index contributed by atoms with van der Waals surface area (Å²) in [5.41, 5.74) is 5.83. The molecule has 0 amide bonds. The molecule has 0 atom stereocenters. The smallest absolute Gasteiger partial charge is 0.273 e. The van der Waals surface area contributed by atoms with Crippen LogP contribution in [0.3, 0.4) is 0 Å². The Bertz CT molecular complexity index is 20.0. The highest BCUT2D eigenvalue weighted by Gasteiger charge is 1.57. The van der Waals surface area contributed by atoms with Crippen LogP contribution >= 0.6 is 0 Å². The van der Waals surface area contributed by atoms with Crippen LogP contribution in [0.25, 0.3) is 0 Å². The molecule has 0 aliphatic carbocycles. The predicted octanol–water partition coefficient (Wildman–Crippen LogP) is -0.553. The Hall–Kier alpha value is -0.223. The Labute approximate surface area is 26.2 Å². The van der Waals surface area contributed by atoms with Crippen LogP contribution in [0.15, 0.2) is 4.78 Å². The molecule has 0 aromatic carbocycles. The van der Waals surface area contributed by atoms with Crippen LogP contribution in [-0.4, -0.2) is 9.92 Å². The van der Waals surface area contributed by atoms with Crippen molar-refractivity contribution in [2.75, 3.05) is 0 Å². The van der Waals surface area contributed by atoms with Gasteiger partial charge in [0.15, 0.2) is 0 Å². The zero-order valence-corrected chi connectivity index (χ0v) is 3.48. The normalized spacial score (nSPS) is 9.25. The van der Waals surface area contributed by atoms with Gasteiger partial charge in [0.1, 0.15) is 0 Å². The summed E-state index contributed by atoms with van der Waals surface area (Å²) in [6, 6.07) is 0. The third kappa shape index (κ3) is 1.78. The monoisotopic (exact) mass is 75.0 g/mol. The van der Waals surface area contributed by atoms with E-state index in [-0.39, 0.29) is 0 Å². The number of rotatable bonds is 1. The summed E-state index contributed by atoms with van der Waals surface area (Å²) in [5, 5.41) is 0. The summed E-state index contributed by atoms with van der Waals surface area (Å²) in [6.07, 6.45) is 0. The Balaban J connectivity index is 2.30. The first-order valence-corrected chi connectivity index (χ1v) is 2.04. The topological polar surface area (TPSA) is 56.1 Å². The van der Waals surface area contributed by atoms with Gasteiger partial charge >= 0.3 is 9.92 Å². The number of nitrogens with one attached hydrogen (secondary N) is 1. The fourth-order valence-electron chi connectivity index (χ4n) is 0. The summed E-state index contributed by atoms with van der Waals surface area (Å²) in [7, 11) is -1.53. The van der Waals surface area contributed by atoms with Crippen LogP contribution in [0.1, 0.15) is 0 Å². The second-order valence-corrected chi connectivity index (χ2v) is 0.862. The standard InChI is InChI=1S/H3N2OSi/c1-2-4-3/h1H,4H2. The molecule has 0 aliphatic rings. The molecular weight excluding hydrogens is 72.1 g/mol. The van der Waals surface area contributed by atoms with E-state index in [9.17, 15) is 0 Å². The third-order valence-electron chi connectivity index (χ3n) is 0.0645. The lowest BCUT2D eigenvalue weighted by molar-refractivity contribution is 0.471. The van der Waals surface area contributed by atoms with Gasteiger partial charge in [-0.3, -0.25) is 4.80 Å². The highest BCUT2D eigenvalue weighted by molar-refractivity contribution is 6.21. The van der Waals surface area contributed by atoms with Crippen LogP contribution in [0.4, 0.5) is 0 Å². The Morgan fingerprint density at radius 2 is 2.25 bits per heavy atom. The molecule has 0 bridgehead atoms. The Kier molecular flexibility index (Phi) is 2.62. The highest BCUT2D eigenvalue weighted by Crippen LogP contribution is 1.42. The van der Waals surface area contributed by atoms with Crippen LogP contribution in [0.2, 0.25) is 0 Å². The molecule has 0 saturated carbocycles. The predicted molar refractivity (Wildman–Crippen MR) is 14.4 cm³/mol. The van der Waals surface area contributed by atoms with E-state index in [1.54, 1.807) is 0 Å². The third-order valence-corrected chi connectivity index (χ3v) is 0.194. The first-order chi connectivity index (χ1) is 1.91. The maximum atomic E-state index is 9.08. The van der Waals surface area contributed by atoms with Gasteiger partial charge < -0.3 is 0 Å². The second kappa shape index (κ2) is 2.78. The Morgan fingerprint density at radius 3 is 2.25 bits per heavy atom. The van der Waals surface area contributed by atoms with E-state index in [0.717, 1.165) is 0 Å². The van der Waals surface area contributed by atoms with Gasteiger partial charge in [-0.1, -0.05) is 0 Å². The van der Waals surface area contributed by atoms with Gasteiger partial charge in [-0.25, -0.2) is 10.3 Å². The Morgan fingerprint density at radius 1 is 2.00 bits per heavy atom. The van der Waals surface area contributed by atoms with Crippen molar-refractivity contribution >= 4 is 9.92 Å². The van der Waals surface area contributed by atoms with Crippen LogP contribution in [0, 0.1) is 5.53 Å². The minimum absolute atomic E-state index is 1.53. The molecule has 0 unspecified atom stereocenters. The summed E-state index contributed by atoms with van der Waals surface area (Å²) in [5.74, 6) is 0. The molecule has 0 saturated heterocycles. The van der Waals surface area contributed by atoms with Crippen molar-refractivity contribution in [1.29, 1.82) is 5.53 Å². The van der Waals surface area contributed by atoms with E-state index < -0.39 is 9.92 Å². The molecule has 0 aromatic rings. The lowest BCUT2D eigenvalue weighted by Crippen LogP contribution is -1.67. The molecule has 3 nitrogen and oxygen atoms in total. The summed E-state index contributed by atoms with van der Waals surface area (Å²) < 4.78 is 2.57. The average Bonchev–Trinajstić information content (AvgIpc) is 1.37. The van der Waals surface area contributed by atoms with Gasteiger partial charge in [-0.05, 0) is 0 Å². The molecule has 0 fully saturated rings. The van der Waals surface area contributed by atoms with Crippen molar-refractivity contribution in [2.24, 2.45) is 4.78 Å². The zero-order valence-electron chi connectivity index (χ0n) is 2.06. The van der Waals surface area contributed by atoms with Gasteiger partial charge in [0.2, 0.25) is 0 Å². The maximum absolute atomic E-state index is 9.08. The minimum Gasteiger partial charge on any atom is -0.273 e. The first kappa shape index (κ1) is 3.78. The van der Waals surface area contributed by atoms with Crippen molar-refractivity contribution in [2.45, 2.75) is 0 Å². The lowest BCUT2D eigenvalue weighted by Gasteiger charge is -1.52. The highest BCUT2D eigenvalue weighted by atomic mass is 28.2. The van der Waals surface area contributed by atoms with Crippen molar-refractivity contribution in [3.8, 4) is 0 Å². The molecule has 4 heavy (non-hydrogen) atoms. The SMILES string of the molecule is N=N[SiH2][O]. The summed E-state index contributed by atoms with van der Waals surface area (Å²) >= 11 is 0. The number of hydrogen-bond acceptors (Lipinski definition) is 2. The van der Waals surface area contributed by atoms with E-state index >= 15 is 0 Å². The molecule has 0 aliphatic heterocycles. The molecule has 0 rings (SSSR count). The van der Waals surface area contributed by atoms with Crippen molar-refractivity contribution in [1.82, 2.24) is 0 Å².